The summed E-state index contributed by atoms with van der Waals surface area (Å²) in [5.74, 6) is 0. The van der Waals surface area contributed by atoms with E-state index in [1.54, 1.807) is 0 Å². The van der Waals surface area contributed by atoms with Crippen molar-refractivity contribution in [3.8, 4) is 0 Å². The Hall–Kier alpha value is -6.84. The van der Waals surface area contributed by atoms with Gasteiger partial charge in [0.25, 0.3) is 0 Å². The van der Waals surface area contributed by atoms with Crippen LogP contribution >= 0.6 is 15.9 Å². The Labute approximate surface area is 515 Å². The van der Waals surface area contributed by atoms with Crippen LogP contribution in [-0.4, -0.2) is 39.9 Å². The first-order valence-corrected chi connectivity index (χ1v) is 33.8. The van der Waals surface area contributed by atoms with Crippen molar-refractivity contribution in [1.82, 2.24) is 39.9 Å². The standard InChI is InChI=1S/C76H93BrN8/c1-17-42-44(19-3)63-38-65-46(21-5)52(27-11)71(80-65)58(72-53(28-12)47(22-6)66(81-72)39-64-45(20-4)43(18-2)62(79-64)37-61(42)78-63)33-34-59-73-54(29-13)48(23-7)67(82-73)40-69-50(25-9)56(31-15)75(84-69)60(35-36-77)76-57(32-16)51(26-10)70(85-76)41-68-49(24-8)55(30-14)74(59)83-68/h33-41,78,81-82,85H,17-32H2,1-16H3/b34-33+,36-35+,61-37?,62-37?,63-38?,64-39?,65-38?,66-39?,67-40?,68-41?,69-40?,70-41?,71-58?,72-58?,73-59?,74-59?,75-60?,76-60?. The molecular weight excluding hydrogens is 1100 g/mol. The molecule has 9 heteroatoms. The largest absolute Gasteiger partial charge is 0.355 e. The highest BCUT2D eigenvalue weighted by Crippen LogP contribution is 2.45. The molecule has 85 heavy (non-hydrogen) atoms. The Morgan fingerprint density at radius 3 is 0.741 bits per heavy atom. The molecule has 4 N–H and O–H groups in total. The second-order valence-corrected chi connectivity index (χ2v) is 23.5. The van der Waals surface area contributed by atoms with Gasteiger partial charge in [0, 0.05) is 44.3 Å². The summed E-state index contributed by atoms with van der Waals surface area (Å²) < 4.78 is 0. The van der Waals surface area contributed by atoms with Crippen LogP contribution in [0.25, 0.3) is 107 Å². The normalized spacial score (nSPS) is 13.9. The lowest BCUT2D eigenvalue weighted by atomic mass is 9.94. The van der Waals surface area contributed by atoms with Gasteiger partial charge in [-0.05, 0) is 245 Å². The molecule has 6 aromatic heterocycles. The molecule has 0 aromatic carbocycles. The third-order valence-corrected chi connectivity index (χ3v) is 19.4. The van der Waals surface area contributed by atoms with E-state index in [1.165, 1.54) is 89.1 Å². The molecular formula is C76H93BrN8. The molecule has 10 heterocycles. The number of fused-ring (bicyclic) bond motifs is 16. The van der Waals surface area contributed by atoms with Crippen LogP contribution in [0.4, 0.5) is 0 Å². The summed E-state index contributed by atoms with van der Waals surface area (Å²) in [6.45, 7) is 36.8. The molecule has 16 bridgehead atoms. The lowest BCUT2D eigenvalue weighted by Crippen LogP contribution is -1.94. The van der Waals surface area contributed by atoms with Gasteiger partial charge in [0.15, 0.2) is 0 Å². The molecule has 0 fully saturated rings. The zero-order chi connectivity index (χ0) is 60.5. The van der Waals surface area contributed by atoms with Gasteiger partial charge in [-0.15, -0.1) is 0 Å². The van der Waals surface area contributed by atoms with Crippen molar-refractivity contribution < 1.29 is 0 Å². The van der Waals surface area contributed by atoms with Gasteiger partial charge in [0.1, 0.15) is 0 Å². The van der Waals surface area contributed by atoms with Crippen LogP contribution in [-0.2, 0) is 51.4 Å². The third-order valence-electron chi connectivity index (χ3n) is 19.1. The molecule has 0 radical (unpaired) electrons. The summed E-state index contributed by atoms with van der Waals surface area (Å²) in [5, 5.41) is 0. The average molecular weight is 1200 g/mol. The van der Waals surface area contributed by atoms with Gasteiger partial charge in [-0.3, -0.25) is 0 Å². The summed E-state index contributed by atoms with van der Waals surface area (Å²) >= 11 is 3.73. The lowest BCUT2D eigenvalue weighted by molar-refractivity contribution is 1.07. The van der Waals surface area contributed by atoms with Crippen LogP contribution in [0.5, 0.6) is 0 Å². The summed E-state index contributed by atoms with van der Waals surface area (Å²) in [7, 11) is 0. The Bertz CT molecular complexity index is 4200. The van der Waals surface area contributed by atoms with Gasteiger partial charge in [-0.2, -0.15) is 0 Å². The molecule has 8 nitrogen and oxygen atoms in total. The number of H-pyrrole nitrogens is 4. The fraction of sp³-hybridized carbons (Fsp3) is 0.421. The monoisotopic (exact) mass is 1200 g/mol. The summed E-state index contributed by atoms with van der Waals surface area (Å²) in [6.07, 6.45) is 21.2. The van der Waals surface area contributed by atoms with Crippen molar-refractivity contribution in [2.75, 3.05) is 0 Å². The highest BCUT2D eigenvalue weighted by molar-refractivity contribution is 9.11. The van der Waals surface area contributed by atoms with Crippen LogP contribution in [0.15, 0.2) is 35.3 Å². The molecule has 6 aromatic rings. The zero-order valence-corrected chi connectivity index (χ0v) is 55.8. The molecule has 0 saturated carbocycles. The number of rotatable bonds is 19. The summed E-state index contributed by atoms with van der Waals surface area (Å²) in [4.78, 5) is 41.5. The minimum atomic E-state index is 0.840. The van der Waals surface area contributed by atoms with Gasteiger partial charge in [0.05, 0.1) is 62.1 Å². The molecule has 0 saturated heterocycles. The number of nitrogens with one attached hydrogen (secondary N) is 4. The van der Waals surface area contributed by atoms with Crippen LogP contribution in [0.1, 0.15) is 269 Å². The van der Waals surface area contributed by atoms with Gasteiger partial charge in [-0.1, -0.05) is 127 Å². The number of aryl methyl sites for hydroxylation is 8. The topological polar surface area (TPSA) is 115 Å². The first-order valence-electron chi connectivity index (χ1n) is 32.9. The van der Waals surface area contributed by atoms with Crippen LogP contribution in [0.3, 0.4) is 0 Å². The second kappa shape index (κ2) is 26.0. The molecule has 0 unspecified atom stereocenters. The van der Waals surface area contributed by atoms with Gasteiger partial charge in [-0.25, -0.2) is 19.9 Å². The van der Waals surface area contributed by atoms with E-state index in [2.05, 4.69) is 195 Å². The number of hydrogen-bond donors (Lipinski definition) is 4. The molecule has 0 amide bonds. The molecule has 4 aliphatic heterocycles. The van der Waals surface area contributed by atoms with E-state index < -0.39 is 0 Å². The maximum Gasteiger partial charge on any atom is 0.0765 e. The quantitative estimate of drug-likeness (QED) is 0.0647. The number of nitrogens with zero attached hydrogens (tertiary/aromatic N) is 4. The number of hydrogen-bond acceptors (Lipinski definition) is 4. The average Bonchev–Trinajstić information content (AvgIpc) is 2.61. The van der Waals surface area contributed by atoms with Crippen molar-refractivity contribution >= 4 is 123 Å². The minimum Gasteiger partial charge on any atom is -0.355 e. The zero-order valence-electron chi connectivity index (χ0n) is 54.2. The van der Waals surface area contributed by atoms with Crippen LogP contribution in [0, 0.1) is 0 Å². The van der Waals surface area contributed by atoms with Crippen LogP contribution in [0.2, 0.25) is 0 Å². The van der Waals surface area contributed by atoms with Crippen molar-refractivity contribution in [1.29, 1.82) is 0 Å². The fourth-order valence-electron chi connectivity index (χ4n) is 15.3. The minimum absolute atomic E-state index is 0.840. The molecule has 444 valence electrons. The van der Waals surface area contributed by atoms with Gasteiger partial charge in [0.2, 0.25) is 0 Å². The Kier molecular flexibility index (Phi) is 18.7. The van der Waals surface area contributed by atoms with Gasteiger partial charge >= 0.3 is 0 Å². The predicted molar refractivity (Wildman–Crippen MR) is 373 cm³/mol. The molecule has 0 atom stereocenters. The number of aromatic amines is 4. The summed E-state index contributed by atoms with van der Waals surface area (Å²) in [6, 6.07) is 11.8. The van der Waals surface area contributed by atoms with E-state index in [0.717, 1.165) is 209 Å². The Balaban J connectivity index is 1.45. The van der Waals surface area contributed by atoms with Crippen molar-refractivity contribution in [3.05, 3.63) is 142 Å². The van der Waals surface area contributed by atoms with E-state index in [4.69, 9.17) is 19.9 Å². The first kappa shape index (κ1) is 61.3. The van der Waals surface area contributed by atoms with E-state index in [1.807, 2.05) is 4.99 Å². The van der Waals surface area contributed by atoms with Crippen molar-refractivity contribution in [3.63, 3.8) is 0 Å². The SMILES string of the molecule is CCC1=C(CC)c2cc3[nH]c(c(/C=C/c4c5nc(cc6[nH]c(c(/C=C/Br)c7nc(cc8[nH]c4c(CC)c8CC)C(CC)=C7CC)c(CC)c6CC)C(CC)=C5CC)c4nc(cc5[nH]c(cc1n2)c(CC)c5CC)C(CC)=C4CC)c(CC)c3CC. The summed E-state index contributed by atoms with van der Waals surface area (Å²) in [5.41, 5.74) is 42.0. The second-order valence-electron chi connectivity index (χ2n) is 23.0. The lowest BCUT2D eigenvalue weighted by Gasteiger charge is -2.09. The molecule has 10 rings (SSSR count). The Morgan fingerprint density at radius 2 is 0.494 bits per heavy atom. The first-order chi connectivity index (χ1) is 41.4. The predicted octanol–water partition coefficient (Wildman–Crippen LogP) is 21.9. The molecule has 4 aliphatic rings. The van der Waals surface area contributed by atoms with Crippen molar-refractivity contribution in [2.24, 2.45) is 0 Å². The van der Waals surface area contributed by atoms with Crippen molar-refractivity contribution in [2.45, 2.75) is 214 Å². The fourth-order valence-corrected chi connectivity index (χ4v) is 15.5. The van der Waals surface area contributed by atoms with E-state index >= 15 is 0 Å². The maximum atomic E-state index is 5.93. The molecule has 0 spiro atoms. The molecule has 0 aliphatic carbocycles. The maximum absolute atomic E-state index is 5.93. The van der Waals surface area contributed by atoms with Gasteiger partial charge < -0.3 is 19.9 Å². The Morgan fingerprint density at radius 1 is 0.271 bits per heavy atom. The van der Waals surface area contributed by atoms with E-state index in [-0.39, 0.29) is 0 Å². The highest BCUT2D eigenvalue weighted by Gasteiger charge is 2.29. The van der Waals surface area contributed by atoms with Crippen LogP contribution < -0.4 is 0 Å². The highest BCUT2D eigenvalue weighted by atomic mass is 79.9. The van der Waals surface area contributed by atoms with E-state index in [9.17, 15) is 0 Å². The number of aromatic nitrogens is 8. The number of halogens is 1. The number of allylic oxidation sites excluding steroid dienone is 8. The third kappa shape index (κ3) is 10.4. The van der Waals surface area contributed by atoms with E-state index in [0.29, 0.717) is 0 Å². The smallest absolute Gasteiger partial charge is 0.0765 e.